The molecule has 4 amide bonds. The average Bonchev–Trinajstić information content (AvgIpc) is 2.96. The summed E-state index contributed by atoms with van der Waals surface area (Å²) in [6.07, 6.45) is 3.24. The number of anilines is 1. The second-order valence-corrected chi connectivity index (χ2v) is 5.17. The van der Waals surface area contributed by atoms with Gasteiger partial charge in [-0.3, -0.25) is 14.9 Å². The highest BCUT2D eigenvalue weighted by Crippen LogP contribution is 2.30. The number of methoxy groups -OCH3 is 1. The Balaban J connectivity index is 2.07. The van der Waals surface area contributed by atoms with E-state index >= 15 is 0 Å². The van der Waals surface area contributed by atoms with Crippen LogP contribution in [0.1, 0.15) is 5.69 Å². The first kappa shape index (κ1) is 15.5. The second kappa shape index (κ2) is 6.04. The normalized spacial score (nSPS) is 16.5. The van der Waals surface area contributed by atoms with Crippen LogP contribution in [0.15, 0.2) is 48.2 Å². The number of hydrogen-bond donors (Lipinski definition) is 1. The molecule has 2 aromatic rings. The van der Waals surface area contributed by atoms with Crippen LogP contribution in [0.5, 0.6) is 5.75 Å². The van der Waals surface area contributed by atoms with E-state index in [0.717, 1.165) is 4.90 Å². The van der Waals surface area contributed by atoms with Gasteiger partial charge in [0.1, 0.15) is 11.3 Å². The van der Waals surface area contributed by atoms with Crippen molar-refractivity contribution in [1.29, 1.82) is 0 Å². The summed E-state index contributed by atoms with van der Waals surface area (Å²) in [4.78, 5) is 37.9. The minimum atomic E-state index is -0.807. The summed E-state index contributed by atoms with van der Waals surface area (Å²) in [6, 6.07) is 9.35. The third-order valence-electron chi connectivity index (χ3n) is 3.70. The highest BCUT2D eigenvalue weighted by Gasteiger charge is 2.38. The number of imide groups is 2. The zero-order valence-corrected chi connectivity index (χ0v) is 13.1. The smallest absolute Gasteiger partial charge is 0.336 e. The topological polar surface area (TPSA) is 80.6 Å². The van der Waals surface area contributed by atoms with Gasteiger partial charge >= 0.3 is 6.03 Å². The molecule has 2 heterocycles. The fraction of sp³-hybridized carbons (Fsp3) is 0.118. The Hall–Kier alpha value is -3.35. The van der Waals surface area contributed by atoms with Gasteiger partial charge in [0, 0.05) is 18.9 Å². The Labute approximate surface area is 138 Å². The second-order valence-electron chi connectivity index (χ2n) is 5.17. The summed E-state index contributed by atoms with van der Waals surface area (Å²) in [5.41, 5.74) is 0.818. The summed E-state index contributed by atoms with van der Waals surface area (Å²) >= 11 is 0. The van der Waals surface area contributed by atoms with Crippen LogP contribution in [0, 0.1) is 0 Å². The molecule has 1 N–H and O–H groups in total. The van der Waals surface area contributed by atoms with Gasteiger partial charge in [0.2, 0.25) is 0 Å². The summed E-state index contributed by atoms with van der Waals surface area (Å²) in [7, 11) is 3.23. The van der Waals surface area contributed by atoms with Crippen molar-refractivity contribution in [3.05, 3.63) is 53.9 Å². The van der Waals surface area contributed by atoms with Crippen LogP contribution in [0.3, 0.4) is 0 Å². The molecule has 24 heavy (non-hydrogen) atoms. The van der Waals surface area contributed by atoms with Crippen molar-refractivity contribution >= 4 is 29.6 Å². The molecule has 0 radical (unpaired) electrons. The van der Waals surface area contributed by atoms with Crippen molar-refractivity contribution in [2.75, 3.05) is 12.0 Å². The number of para-hydroxylation sites is 2. The molecule has 7 nitrogen and oxygen atoms in total. The van der Waals surface area contributed by atoms with E-state index in [4.69, 9.17) is 4.74 Å². The molecule has 1 fully saturated rings. The zero-order chi connectivity index (χ0) is 17.3. The number of carbonyl (C=O) groups excluding carboxylic acids is 3. The number of aromatic nitrogens is 1. The van der Waals surface area contributed by atoms with Crippen LogP contribution in [0.2, 0.25) is 0 Å². The van der Waals surface area contributed by atoms with Gasteiger partial charge < -0.3 is 9.30 Å². The standard InChI is InChI=1S/C17H15N3O4/c1-19-9-5-6-11(19)10-12-15(21)18-17(23)20(16(12)22)13-7-3-4-8-14(13)24-2/h3-10H,1-2H3,(H,18,21,23). The molecular weight excluding hydrogens is 310 g/mol. The number of nitrogens with zero attached hydrogens (tertiary/aromatic N) is 2. The van der Waals surface area contributed by atoms with E-state index in [0.29, 0.717) is 11.4 Å². The molecule has 0 bridgehead atoms. The van der Waals surface area contributed by atoms with Gasteiger partial charge in [-0.15, -0.1) is 0 Å². The van der Waals surface area contributed by atoms with Gasteiger partial charge in [-0.2, -0.15) is 0 Å². The van der Waals surface area contributed by atoms with E-state index in [1.165, 1.54) is 13.2 Å². The molecule has 3 rings (SSSR count). The first-order chi connectivity index (χ1) is 11.5. The van der Waals surface area contributed by atoms with Gasteiger partial charge in [0.05, 0.1) is 12.8 Å². The lowest BCUT2D eigenvalue weighted by molar-refractivity contribution is -0.122. The van der Waals surface area contributed by atoms with Crippen LogP contribution in [-0.4, -0.2) is 29.5 Å². The van der Waals surface area contributed by atoms with Crippen molar-refractivity contribution in [3.63, 3.8) is 0 Å². The SMILES string of the molecule is COc1ccccc1N1C(=O)NC(=O)C(=Cc2cccn2C)C1=O. The van der Waals surface area contributed by atoms with E-state index in [1.807, 2.05) is 0 Å². The fourth-order valence-corrected chi connectivity index (χ4v) is 2.46. The monoisotopic (exact) mass is 325 g/mol. The minimum absolute atomic E-state index is 0.123. The molecule has 1 aliphatic heterocycles. The minimum Gasteiger partial charge on any atom is -0.495 e. The number of urea groups is 1. The number of aryl methyl sites for hydroxylation is 1. The number of ether oxygens (including phenoxy) is 1. The van der Waals surface area contributed by atoms with Gasteiger partial charge in [-0.05, 0) is 30.3 Å². The van der Waals surface area contributed by atoms with Gasteiger partial charge in [-0.25, -0.2) is 9.69 Å². The number of nitrogens with one attached hydrogen (secondary N) is 1. The zero-order valence-electron chi connectivity index (χ0n) is 13.1. The maximum absolute atomic E-state index is 12.8. The maximum Gasteiger partial charge on any atom is 0.336 e. The van der Waals surface area contributed by atoms with Crippen LogP contribution in [0.4, 0.5) is 10.5 Å². The Kier molecular flexibility index (Phi) is 3.91. The molecule has 0 saturated carbocycles. The Bertz CT molecular complexity index is 866. The third-order valence-corrected chi connectivity index (χ3v) is 3.70. The lowest BCUT2D eigenvalue weighted by Crippen LogP contribution is -2.54. The average molecular weight is 325 g/mol. The van der Waals surface area contributed by atoms with E-state index in [9.17, 15) is 14.4 Å². The molecule has 0 spiro atoms. The quantitative estimate of drug-likeness (QED) is 0.688. The van der Waals surface area contributed by atoms with Crippen molar-refractivity contribution in [1.82, 2.24) is 9.88 Å². The summed E-state index contributed by atoms with van der Waals surface area (Å²) < 4.78 is 6.96. The number of carbonyl (C=O) groups is 3. The molecule has 1 saturated heterocycles. The molecule has 0 unspecified atom stereocenters. The molecule has 0 atom stereocenters. The summed E-state index contributed by atoms with van der Waals surface area (Å²) in [6.45, 7) is 0. The van der Waals surface area contributed by atoms with Gasteiger partial charge in [-0.1, -0.05) is 12.1 Å². The fourth-order valence-electron chi connectivity index (χ4n) is 2.46. The Morgan fingerprint density at radius 2 is 1.83 bits per heavy atom. The van der Waals surface area contributed by atoms with Crippen LogP contribution in [0.25, 0.3) is 6.08 Å². The molecule has 122 valence electrons. The predicted molar refractivity (Wildman–Crippen MR) is 87.4 cm³/mol. The van der Waals surface area contributed by atoms with E-state index < -0.39 is 17.8 Å². The maximum atomic E-state index is 12.8. The molecule has 0 aliphatic carbocycles. The lowest BCUT2D eigenvalue weighted by Gasteiger charge is -2.27. The summed E-state index contributed by atoms with van der Waals surface area (Å²) in [5.74, 6) is -1.07. The predicted octanol–water partition coefficient (Wildman–Crippen LogP) is 1.70. The van der Waals surface area contributed by atoms with Crippen molar-refractivity contribution in [2.45, 2.75) is 0 Å². The van der Waals surface area contributed by atoms with Gasteiger partial charge in [0.15, 0.2) is 0 Å². The summed E-state index contributed by atoms with van der Waals surface area (Å²) in [5, 5.41) is 2.19. The van der Waals surface area contributed by atoms with Crippen LogP contribution < -0.4 is 15.0 Å². The van der Waals surface area contributed by atoms with E-state index in [-0.39, 0.29) is 11.3 Å². The van der Waals surface area contributed by atoms with E-state index in [2.05, 4.69) is 5.32 Å². The van der Waals surface area contributed by atoms with Crippen molar-refractivity contribution < 1.29 is 19.1 Å². The number of hydrogen-bond acceptors (Lipinski definition) is 4. The number of amides is 4. The number of rotatable bonds is 3. The van der Waals surface area contributed by atoms with Crippen molar-refractivity contribution in [2.24, 2.45) is 7.05 Å². The third kappa shape index (κ3) is 2.56. The highest BCUT2D eigenvalue weighted by molar-refractivity contribution is 6.39. The first-order valence-electron chi connectivity index (χ1n) is 7.18. The molecular formula is C17H15N3O4. The Morgan fingerprint density at radius 1 is 1.08 bits per heavy atom. The molecule has 1 aliphatic rings. The number of barbiturate groups is 1. The Morgan fingerprint density at radius 3 is 2.50 bits per heavy atom. The van der Waals surface area contributed by atoms with Crippen LogP contribution in [-0.2, 0) is 16.6 Å². The van der Waals surface area contributed by atoms with Crippen molar-refractivity contribution in [3.8, 4) is 5.75 Å². The largest absolute Gasteiger partial charge is 0.495 e. The van der Waals surface area contributed by atoms with Crippen LogP contribution >= 0.6 is 0 Å². The lowest BCUT2D eigenvalue weighted by atomic mass is 10.1. The molecule has 7 heteroatoms. The highest BCUT2D eigenvalue weighted by atomic mass is 16.5. The molecule has 1 aromatic carbocycles. The van der Waals surface area contributed by atoms with E-state index in [1.54, 1.807) is 54.2 Å². The molecule has 1 aromatic heterocycles. The van der Waals surface area contributed by atoms with Gasteiger partial charge in [0.25, 0.3) is 11.8 Å². The first-order valence-corrected chi connectivity index (χ1v) is 7.18. The number of benzene rings is 1.